The topological polar surface area (TPSA) is 121 Å². The Morgan fingerprint density at radius 1 is 1.17 bits per heavy atom. The summed E-state index contributed by atoms with van der Waals surface area (Å²) in [6.07, 6.45) is -4.79. The molecule has 1 N–H and O–H groups in total. The van der Waals surface area contributed by atoms with Gasteiger partial charge in [-0.15, -0.1) is 0 Å². The van der Waals surface area contributed by atoms with Gasteiger partial charge in [0.2, 0.25) is 0 Å². The largest absolute Gasteiger partial charge is 0.493 e. The smallest absolute Gasteiger partial charge is 0.433 e. The van der Waals surface area contributed by atoms with Crippen LogP contribution in [0.4, 0.5) is 24.5 Å². The predicted molar refractivity (Wildman–Crippen MR) is 122 cm³/mol. The summed E-state index contributed by atoms with van der Waals surface area (Å²) in [5.74, 6) is -0.418. The number of alkyl halides is 3. The van der Waals surface area contributed by atoms with Crippen LogP contribution in [-0.4, -0.2) is 32.5 Å². The van der Waals surface area contributed by atoms with E-state index in [1.54, 1.807) is 24.3 Å². The van der Waals surface area contributed by atoms with Crippen LogP contribution >= 0.6 is 11.6 Å². The van der Waals surface area contributed by atoms with Crippen LogP contribution < -0.4 is 14.8 Å². The number of rotatable bonds is 6. The lowest BCUT2D eigenvalue weighted by atomic mass is 10.2. The summed E-state index contributed by atoms with van der Waals surface area (Å²) < 4.78 is 51.7. The van der Waals surface area contributed by atoms with E-state index in [-0.39, 0.29) is 28.5 Å². The Hall–Kier alpha value is -4.39. The Bertz CT molecular complexity index is 1510. The second-order valence-electron chi connectivity index (χ2n) is 7.36. The van der Waals surface area contributed by atoms with Crippen molar-refractivity contribution in [2.24, 2.45) is 0 Å². The van der Waals surface area contributed by atoms with Crippen LogP contribution in [0.1, 0.15) is 21.9 Å². The minimum atomic E-state index is -4.79. The Balaban J connectivity index is 1.71. The Morgan fingerprint density at radius 2 is 1.86 bits per heavy atom. The Morgan fingerprint density at radius 3 is 2.50 bits per heavy atom. The first-order valence-corrected chi connectivity index (χ1v) is 10.4. The highest BCUT2D eigenvalue weighted by Crippen LogP contribution is 2.35. The summed E-state index contributed by atoms with van der Waals surface area (Å²) in [5.41, 5.74) is -2.59. The maximum absolute atomic E-state index is 13.5. The summed E-state index contributed by atoms with van der Waals surface area (Å²) in [5, 5.41) is 17.1. The maximum Gasteiger partial charge on any atom is 0.433 e. The van der Waals surface area contributed by atoms with E-state index in [2.05, 4.69) is 15.4 Å². The quantitative estimate of drug-likeness (QED) is 0.256. The van der Waals surface area contributed by atoms with Crippen LogP contribution in [0.5, 0.6) is 17.2 Å². The summed E-state index contributed by atoms with van der Waals surface area (Å²) >= 11 is 6.15. The van der Waals surface area contributed by atoms with Crippen molar-refractivity contribution < 1.29 is 32.4 Å². The van der Waals surface area contributed by atoms with Crippen LogP contribution in [0.25, 0.3) is 5.65 Å². The van der Waals surface area contributed by atoms with Gasteiger partial charge in [0.15, 0.2) is 22.8 Å². The standard InChI is InChI=1S/C22H15ClF3N5O5/c1-11-7-17(22(24,25)26)30-20(27-11)18(23)19(29-30)21(32)28-12-8-13(31(33)34)10-14(9-12)36-16-6-4-3-5-15(16)35-2/h3-10H,1-2H3,(H,28,32). The van der Waals surface area contributed by atoms with E-state index in [4.69, 9.17) is 21.1 Å². The highest BCUT2D eigenvalue weighted by atomic mass is 35.5. The molecule has 36 heavy (non-hydrogen) atoms. The molecule has 0 aliphatic heterocycles. The number of halogens is 4. The van der Waals surface area contributed by atoms with Crippen LogP contribution in [-0.2, 0) is 6.18 Å². The molecule has 2 heterocycles. The number of ether oxygens (including phenoxy) is 2. The third-order valence-corrected chi connectivity index (χ3v) is 5.17. The minimum absolute atomic E-state index is 0.0123. The monoisotopic (exact) mass is 521 g/mol. The maximum atomic E-state index is 13.5. The number of nitro groups is 1. The van der Waals surface area contributed by atoms with E-state index < -0.39 is 39.1 Å². The van der Waals surface area contributed by atoms with E-state index >= 15 is 0 Å². The van der Waals surface area contributed by atoms with Crippen molar-refractivity contribution >= 4 is 34.5 Å². The second kappa shape index (κ2) is 9.34. The van der Waals surface area contributed by atoms with Gasteiger partial charge in [0.25, 0.3) is 11.6 Å². The fourth-order valence-corrected chi connectivity index (χ4v) is 3.55. The van der Waals surface area contributed by atoms with Gasteiger partial charge in [-0.3, -0.25) is 14.9 Å². The molecule has 0 unspecified atom stereocenters. The van der Waals surface area contributed by atoms with Gasteiger partial charge in [0, 0.05) is 17.8 Å². The number of para-hydroxylation sites is 2. The summed E-state index contributed by atoms with van der Waals surface area (Å²) in [7, 11) is 1.42. The normalized spacial score (nSPS) is 11.4. The van der Waals surface area contributed by atoms with Crippen molar-refractivity contribution in [2.45, 2.75) is 13.1 Å². The zero-order chi connectivity index (χ0) is 26.2. The number of methoxy groups -OCH3 is 1. The number of anilines is 1. The van der Waals surface area contributed by atoms with Crippen molar-refractivity contribution in [3.05, 3.63) is 80.7 Å². The third-order valence-electron chi connectivity index (χ3n) is 4.82. The van der Waals surface area contributed by atoms with Gasteiger partial charge < -0.3 is 14.8 Å². The average Bonchev–Trinajstić information content (AvgIpc) is 3.14. The number of fused-ring (bicyclic) bond motifs is 1. The zero-order valence-corrected chi connectivity index (χ0v) is 19.2. The summed E-state index contributed by atoms with van der Waals surface area (Å²) in [6.45, 7) is 1.34. The van der Waals surface area contributed by atoms with Gasteiger partial charge in [0.1, 0.15) is 16.5 Å². The molecule has 4 rings (SSSR count). The number of nitrogens with one attached hydrogen (secondary N) is 1. The predicted octanol–water partition coefficient (Wildman–Crippen LogP) is 5.67. The molecule has 1 amide bonds. The third kappa shape index (κ3) is 4.86. The van der Waals surface area contributed by atoms with Crippen LogP contribution in [0.2, 0.25) is 5.02 Å². The number of carbonyl (C=O) groups excluding carboxylic acids is 1. The van der Waals surface area contributed by atoms with Crippen molar-refractivity contribution in [1.29, 1.82) is 0 Å². The van der Waals surface area contributed by atoms with Crippen molar-refractivity contribution in [3.8, 4) is 17.2 Å². The van der Waals surface area contributed by atoms with Gasteiger partial charge in [-0.05, 0) is 25.1 Å². The van der Waals surface area contributed by atoms with Gasteiger partial charge in [-0.1, -0.05) is 23.7 Å². The molecular weight excluding hydrogens is 507 g/mol. The van der Waals surface area contributed by atoms with Crippen molar-refractivity contribution in [1.82, 2.24) is 14.6 Å². The number of nitro benzene ring substituents is 1. The molecule has 2 aromatic heterocycles. The number of amides is 1. The molecule has 14 heteroatoms. The van der Waals surface area contributed by atoms with E-state index in [1.807, 2.05) is 0 Å². The number of benzene rings is 2. The van der Waals surface area contributed by atoms with Crippen molar-refractivity contribution in [2.75, 3.05) is 12.4 Å². The molecule has 2 aromatic carbocycles. The highest BCUT2D eigenvalue weighted by Gasteiger charge is 2.36. The molecule has 0 fully saturated rings. The molecule has 0 atom stereocenters. The number of nitrogens with zero attached hydrogens (tertiary/aromatic N) is 4. The molecule has 0 saturated carbocycles. The lowest BCUT2D eigenvalue weighted by Gasteiger charge is -2.11. The van der Waals surface area contributed by atoms with Gasteiger partial charge in [0.05, 0.1) is 23.8 Å². The van der Waals surface area contributed by atoms with Gasteiger partial charge in [-0.25, -0.2) is 9.50 Å². The number of hydrogen-bond donors (Lipinski definition) is 1. The molecule has 0 spiro atoms. The van der Waals surface area contributed by atoms with Gasteiger partial charge in [-0.2, -0.15) is 18.3 Å². The molecule has 10 nitrogen and oxygen atoms in total. The molecule has 0 saturated heterocycles. The number of aromatic nitrogens is 3. The summed E-state index contributed by atoms with van der Waals surface area (Å²) in [6, 6.07) is 10.8. The lowest BCUT2D eigenvalue weighted by Crippen LogP contribution is -2.16. The van der Waals surface area contributed by atoms with Crippen LogP contribution in [0.3, 0.4) is 0 Å². The van der Waals surface area contributed by atoms with E-state index in [9.17, 15) is 28.1 Å². The fourth-order valence-electron chi connectivity index (χ4n) is 3.30. The van der Waals surface area contributed by atoms with Gasteiger partial charge >= 0.3 is 6.18 Å². The number of hydrogen-bond acceptors (Lipinski definition) is 7. The number of carbonyl (C=O) groups is 1. The Labute approximate surface area is 205 Å². The molecule has 186 valence electrons. The lowest BCUT2D eigenvalue weighted by molar-refractivity contribution is -0.384. The SMILES string of the molecule is COc1ccccc1Oc1cc(NC(=O)c2nn3c(C(F)(F)F)cc(C)nc3c2Cl)cc([N+](=O)[O-])c1. The van der Waals surface area contributed by atoms with Crippen molar-refractivity contribution in [3.63, 3.8) is 0 Å². The zero-order valence-electron chi connectivity index (χ0n) is 18.5. The minimum Gasteiger partial charge on any atom is -0.493 e. The molecule has 4 aromatic rings. The van der Waals surface area contributed by atoms with Crippen LogP contribution in [0, 0.1) is 17.0 Å². The van der Waals surface area contributed by atoms with E-state index in [0.717, 1.165) is 18.2 Å². The first-order valence-electron chi connectivity index (χ1n) is 10.0. The first-order chi connectivity index (χ1) is 17.0. The average molecular weight is 522 g/mol. The Kier molecular flexibility index (Phi) is 6.41. The molecular formula is C22H15ClF3N5O5. The molecule has 0 radical (unpaired) electrons. The number of non-ortho nitro benzene ring substituents is 1. The van der Waals surface area contributed by atoms with E-state index in [1.165, 1.54) is 20.1 Å². The molecule has 0 aliphatic rings. The first kappa shape index (κ1) is 24.7. The highest BCUT2D eigenvalue weighted by molar-refractivity contribution is 6.37. The summed E-state index contributed by atoms with van der Waals surface area (Å²) in [4.78, 5) is 27.6. The molecule has 0 bridgehead atoms. The number of aryl methyl sites for hydroxylation is 1. The second-order valence-corrected chi connectivity index (χ2v) is 7.74. The fraction of sp³-hybridized carbons (Fsp3) is 0.136. The van der Waals surface area contributed by atoms with Crippen LogP contribution in [0.15, 0.2) is 48.5 Å². The van der Waals surface area contributed by atoms with E-state index in [0.29, 0.717) is 10.3 Å². The molecule has 0 aliphatic carbocycles.